The van der Waals surface area contributed by atoms with Crippen molar-refractivity contribution >= 4 is 44.9 Å². The van der Waals surface area contributed by atoms with E-state index in [2.05, 4.69) is 15.3 Å². The first-order valence-corrected chi connectivity index (χ1v) is 11.2. The Labute approximate surface area is 170 Å². The van der Waals surface area contributed by atoms with Gasteiger partial charge in [-0.1, -0.05) is 6.07 Å². The van der Waals surface area contributed by atoms with Crippen LogP contribution in [0.5, 0.6) is 5.75 Å². The zero-order chi connectivity index (χ0) is 19.5. The minimum absolute atomic E-state index is 0.0548. The van der Waals surface area contributed by atoms with E-state index in [1.807, 2.05) is 18.2 Å². The molecule has 1 aliphatic rings. The summed E-state index contributed by atoms with van der Waals surface area (Å²) >= 11 is 3.07. The Balaban J connectivity index is 1.39. The van der Waals surface area contributed by atoms with Gasteiger partial charge in [0.2, 0.25) is 5.91 Å². The average molecular weight is 416 g/mol. The highest BCUT2D eigenvalue weighted by molar-refractivity contribution is 7.99. The maximum atomic E-state index is 12.5. The minimum Gasteiger partial charge on any atom is -0.497 e. The van der Waals surface area contributed by atoms with Crippen LogP contribution in [0.2, 0.25) is 0 Å². The lowest BCUT2D eigenvalue weighted by Gasteiger charge is -2.09. The van der Waals surface area contributed by atoms with E-state index in [1.54, 1.807) is 24.5 Å². The summed E-state index contributed by atoms with van der Waals surface area (Å²) in [6.07, 6.45) is 4.34. The van der Waals surface area contributed by atoms with Crippen molar-refractivity contribution in [1.82, 2.24) is 9.97 Å². The van der Waals surface area contributed by atoms with Crippen LogP contribution in [0.4, 0.5) is 5.69 Å². The van der Waals surface area contributed by atoms with Gasteiger partial charge in [0.05, 0.1) is 24.0 Å². The number of benzene rings is 1. The van der Waals surface area contributed by atoms with Gasteiger partial charge in [-0.15, -0.1) is 23.1 Å². The van der Waals surface area contributed by atoms with Crippen LogP contribution >= 0.6 is 23.1 Å². The molecule has 6 nitrogen and oxygen atoms in total. The van der Waals surface area contributed by atoms with Gasteiger partial charge < -0.3 is 15.0 Å². The third-order valence-electron chi connectivity index (χ3n) is 4.70. The molecular formula is C20H21N3O3S2. The number of H-pyrrole nitrogens is 1. The molecule has 2 N–H and O–H groups in total. The first-order chi connectivity index (χ1) is 13.6. The van der Waals surface area contributed by atoms with Gasteiger partial charge in [0.25, 0.3) is 5.56 Å². The van der Waals surface area contributed by atoms with Crippen molar-refractivity contribution in [2.45, 2.75) is 31.4 Å². The molecule has 0 atom stereocenters. The summed E-state index contributed by atoms with van der Waals surface area (Å²) in [4.78, 5) is 34.4. The maximum Gasteiger partial charge on any atom is 0.259 e. The zero-order valence-electron chi connectivity index (χ0n) is 15.5. The number of hydrogen-bond donors (Lipinski definition) is 2. The van der Waals surface area contributed by atoms with Crippen LogP contribution in [0.25, 0.3) is 10.2 Å². The SMILES string of the molecule is COc1cccc(NC(=O)CSCc2nc3sc4c(c3c(=O)[nH]2)CCCC4)c1. The number of rotatable bonds is 6. The van der Waals surface area contributed by atoms with Crippen molar-refractivity contribution in [1.29, 1.82) is 0 Å². The normalized spacial score (nSPS) is 13.3. The molecule has 0 spiro atoms. The van der Waals surface area contributed by atoms with E-state index in [1.165, 1.54) is 28.6 Å². The number of ether oxygens (including phenoxy) is 1. The number of aromatic nitrogens is 2. The topological polar surface area (TPSA) is 84.1 Å². The summed E-state index contributed by atoms with van der Waals surface area (Å²) < 4.78 is 5.15. The molecular weight excluding hydrogens is 394 g/mol. The number of aryl methyl sites for hydroxylation is 2. The highest BCUT2D eigenvalue weighted by atomic mass is 32.2. The molecule has 1 aliphatic carbocycles. The Kier molecular flexibility index (Phi) is 5.68. The van der Waals surface area contributed by atoms with Crippen molar-refractivity contribution in [3.05, 3.63) is 50.9 Å². The van der Waals surface area contributed by atoms with Crippen LogP contribution in [-0.4, -0.2) is 28.7 Å². The van der Waals surface area contributed by atoms with E-state index in [0.29, 0.717) is 23.0 Å². The fourth-order valence-electron chi connectivity index (χ4n) is 3.42. The number of anilines is 1. The smallest absolute Gasteiger partial charge is 0.259 e. The Morgan fingerprint density at radius 2 is 2.21 bits per heavy atom. The Bertz CT molecular complexity index is 1070. The molecule has 8 heteroatoms. The van der Waals surface area contributed by atoms with E-state index in [4.69, 9.17) is 4.74 Å². The molecule has 1 amide bonds. The van der Waals surface area contributed by atoms with Crippen LogP contribution in [0, 0.1) is 0 Å². The van der Waals surface area contributed by atoms with Gasteiger partial charge in [0, 0.05) is 16.6 Å². The summed E-state index contributed by atoms with van der Waals surface area (Å²) in [5, 5.41) is 3.61. The van der Waals surface area contributed by atoms with Crippen molar-refractivity contribution < 1.29 is 9.53 Å². The number of aromatic amines is 1. The maximum absolute atomic E-state index is 12.5. The molecule has 4 rings (SSSR count). The number of carbonyl (C=O) groups excluding carboxylic acids is 1. The number of thiophene rings is 1. The molecule has 0 bridgehead atoms. The molecule has 0 fully saturated rings. The highest BCUT2D eigenvalue weighted by Crippen LogP contribution is 2.33. The second kappa shape index (κ2) is 8.36. The van der Waals surface area contributed by atoms with E-state index < -0.39 is 0 Å². The van der Waals surface area contributed by atoms with Gasteiger partial charge in [0.1, 0.15) is 16.4 Å². The first kappa shape index (κ1) is 19.0. The Morgan fingerprint density at radius 1 is 1.36 bits per heavy atom. The predicted molar refractivity (Wildman–Crippen MR) is 115 cm³/mol. The van der Waals surface area contributed by atoms with Gasteiger partial charge >= 0.3 is 0 Å². The summed E-state index contributed by atoms with van der Waals surface area (Å²) in [5.74, 6) is 1.97. The van der Waals surface area contributed by atoms with Crippen LogP contribution in [0.15, 0.2) is 29.1 Å². The third-order valence-corrected chi connectivity index (χ3v) is 6.83. The molecule has 1 aromatic carbocycles. The molecule has 0 unspecified atom stereocenters. The Morgan fingerprint density at radius 3 is 3.07 bits per heavy atom. The molecule has 3 aromatic rings. The lowest BCUT2D eigenvalue weighted by molar-refractivity contribution is -0.113. The van der Waals surface area contributed by atoms with E-state index in [0.717, 1.165) is 29.5 Å². The summed E-state index contributed by atoms with van der Waals surface area (Å²) in [5.41, 5.74) is 1.83. The van der Waals surface area contributed by atoms with Gasteiger partial charge in [0.15, 0.2) is 0 Å². The summed E-state index contributed by atoms with van der Waals surface area (Å²) in [6.45, 7) is 0. The molecule has 146 valence electrons. The van der Waals surface area contributed by atoms with Crippen molar-refractivity contribution in [2.24, 2.45) is 0 Å². The van der Waals surface area contributed by atoms with Gasteiger partial charge in [-0.2, -0.15) is 0 Å². The standard InChI is InChI=1S/C20H21N3O3S2/c1-26-13-6-4-5-12(9-13)21-17(24)11-27-10-16-22-19(25)18-14-7-2-3-8-15(14)28-20(18)23-16/h4-6,9H,2-3,7-8,10-11H2,1H3,(H,21,24)(H,22,23,25). The molecule has 0 saturated carbocycles. The zero-order valence-corrected chi connectivity index (χ0v) is 17.2. The predicted octanol–water partition coefficient (Wildman–Crippen LogP) is 3.74. The molecule has 2 aromatic heterocycles. The second-order valence-electron chi connectivity index (χ2n) is 6.68. The number of thioether (sulfide) groups is 1. The van der Waals surface area contributed by atoms with Crippen LogP contribution in [-0.2, 0) is 23.4 Å². The number of amides is 1. The third kappa shape index (κ3) is 4.07. The van der Waals surface area contributed by atoms with Gasteiger partial charge in [-0.05, 0) is 43.4 Å². The number of fused-ring (bicyclic) bond motifs is 3. The number of nitrogens with one attached hydrogen (secondary N) is 2. The van der Waals surface area contributed by atoms with Crippen LogP contribution < -0.4 is 15.6 Å². The number of carbonyl (C=O) groups is 1. The monoisotopic (exact) mass is 415 g/mol. The summed E-state index contributed by atoms with van der Waals surface area (Å²) in [7, 11) is 1.59. The van der Waals surface area contributed by atoms with E-state index in [-0.39, 0.29) is 17.2 Å². The van der Waals surface area contributed by atoms with Crippen molar-refractivity contribution in [3.8, 4) is 5.75 Å². The second-order valence-corrected chi connectivity index (χ2v) is 8.75. The van der Waals surface area contributed by atoms with Crippen LogP contribution in [0.1, 0.15) is 29.1 Å². The quantitative estimate of drug-likeness (QED) is 0.641. The van der Waals surface area contributed by atoms with Crippen molar-refractivity contribution in [3.63, 3.8) is 0 Å². The lowest BCUT2D eigenvalue weighted by atomic mass is 9.97. The molecule has 28 heavy (non-hydrogen) atoms. The molecule has 0 radical (unpaired) electrons. The molecule has 2 heterocycles. The van der Waals surface area contributed by atoms with Gasteiger partial charge in [-0.25, -0.2) is 4.98 Å². The number of methoxy groups -OCH3 is 1. The number of hydrogen-bond acceptors (Lipinski definition) is 6. The van der Waals surface area contributed by atoms with Crippen molar-refractivity contribution in [2.75, 3.05) is 18.2 Å². The molecule has 0 saturated heterocycles. The minimum atomic E-state index is -0.103. The first-order valence-electron chi connectivity index (χ1n) is 9.19. The van der Waals surface area contributed by atoms with Crippen LogP contribution in [0.3, 0.4) is 0 Å². The summed E-state index contributed by atoms with van der Waals surface area (Å²) in [6, 6.07) is 7.24. The fourth-order valence-corrected chi connectivity index (χ4v) is 5.39. The largest absolute Gasteiger partial charge is 0.497 e. The average Bonchev–Trinajstić information content (AvgIpc) is 3.07. The Hall–Kier alpha value is -2.32. The lowest BCUT2D eigenvalue weighted by Crippen LogP contribution is -2.15. The van der Waals surface area contributed by atoms with E-state index >= 15 is 0 Å². The van der Waals surface area contributed by atoms with Gasteiger partial charge in [-0.3, -0.25) is 9.59 Å². The van der Waals surface area contributed by atoms with E-state index in [9.17, 15) is 9.59 Å². The molecule has 0 aliphatic heterocycles. The highest BCUT2D eigenvalue weighted by Gasteiger charge is 2.19. The number of nitrogens with zero attached hydrogens (tertiary/aromatic N) is 1. The fraction of sp³-hybridized carbons (Fsp3) is 0.350.